The predicted molar refractivity (Wildman–Crippen MR) is 87.5 cm³/mol. The molecule has 2 rings (SSSR count). The van der Waals surface area contributed by atoms with Gasteiger partial charge in [0, 0.05) is 50.4 Å². The van der Waals surface area contributed by atoms with Crippen molar-refractivity contribution in [3.63, 3.8) is 0 Å². The largest absolute Gasteiger partial charge is 0.327 e. The molecule has 2 heterocycles. The molecule has 5 heteroatoms. The second kappa shape index (κ2) is 7.38. The molecule has 0 saturated carbocycles. The minimum atomic E-state index is 0.204. The van der Waals surface area contributed by atoms with Crippen LogP contribution in [0.3, 0.4) is 0 Å². The Morgan fingerprint density at radius 1 is 1.33 bits per heavy atom. The van der Waals surface area contributed by atoms with Crippen LogP contribution in [0.15, 0.2) is 6.07 Å². The highest BCUT2D eigenvalue weighted by molar-refractivity contribution is 5.12. The first-order valence-corrected chi connectivity index (χ1v) is 8.23. The lowest BCUT2D eigenvalue weighted by Crippen LogP contribution is -2.52. The first-order valence-electron chi connectivity index (χ1n) is 8.23. The maximum atomic E-state index is 6.43. The zero-order chi connectivity index (χ0) is 15.4. The molecule has 1 aliphatic rings. The standard InChI is InChI=1S/C16H31N5/c1-5-14-11-15(21(6-2)18-14)9-13(17)10-16-12-19(3)7-8-20(16)4/h11,13,16H,5-10,12,17H2,1-4H3. The summed E-state index contributed by atoms with van der Waals surface area (Å²) < 4.78 is 2.11. The number of nitrogens with two attached hydrogens (primary N) is 1. The van der Waals surface area contributed by atoms with Crippen LogP contribution in [0, 0.1) is 0 Å². The molecule has 21 heavy (non-hydrogen) atoms. The van der Waals surface area contributed by atoms with Crippen molar-refractivity contribution in [1.82, 2.24) is 19.6 Å². The molecule has 2 N–H and O–H groups in total. The minimum absolute atomic E-state index is 0.204. The molecule has 0 spiro atoms. The summed E-state index contributed by atoms with van der Waals surface area (Å²) >= 11 is 0. The van der Waals surface area contributed by atoms with Gasteiger partial charge in [0.15, 0.2) is 0 Å². The van der Waals surface area contributed by atoms with Crippen molar-refractivity contribution in [2.45, 2.75) is 51.7 Å². The van der Waals surface area contributed by atoms with Crippen LogP contribution < -0.4 is 5.73 Å². The summed E-state index contributed by atoms with van der Waals surface area (Å²) in [6.45, 7) is 8.64. The minimum Gasteiger partial charge on any atom is -0.327 e. The highest BCUT2D eigenvalue weighted by Gasteiger charge is 2.24. The second-order valence-corrected chi connectivity index (χ2v) is 6.39. The predicted octanol–water partition coefficient (Wildman–Crippen LogP) is 0.971. The first-order chi connectivity index (χ1) is 10.0. The van der Waals surface area contributed by atoms with E-state index < -0.39 is 0 Å². The van der Waals surface area contributed by atoms with Crippen molar-refractivity contribution in [2.24, 2.45) is 5.73 Å². The van der Waals surface area contributed by atoms with E-state index in [1.807, 2.05) is 0 Å². The lowest BCUT2D eigenvalue weighted by molar-refractivity contribution is 0.104. The molecular formula is C16H31N5. The SMILES string of the molecule is CCc1cc(CC(N)CC2CN(C)CCN2C)n(CC)n1. The van der Waals surface area contributed by atoms with Crippen LogP contribution in [-0.4, -0.2) is 65.4 Å². The van der Waals surface area contributed by atoms with E-state index >= 15 is 0 Å². The van der Waals surface area contributed by atoms with Crippen LogP contribution in [0.4, 0.5) is 0 Å². The molecule has 0 aliphatic carbocycles. The van der Waals surface area contributed by atoms with E-state index in [9.17, 15) is 0 Å². The van der Waals surface area contributed by atoms with Crippen molar-refractivity contribution >= 4 is 0 Å². The highest BCUT2D eigenvalue weighted by Crippen LogP contribution is 2.14. The van der Waals surface area contributed by atoms with Crippen LogP contribution in [0.2, 0.25) is 0 Å². The van der Waals surface area contributed by atoms with Gasteiger partial charge >= 0.3 is 0 Å². The third-order valence-corrected chi connectivity index (χ3v) is 4.60. The Morgan fingerprint density at radius 2 is 2.10 bits per heavy atom. The Kier molecular flexibility index (Phi) is 5.79. The zero-order valence-corrected chi connectivity index (χ0v) is 14.0. The zero-order valence-electron chi connectivity index (χ0n) is 14.0. The summed E-state index contributed by atoms with van der Waals surface area (Å²) in [5, 5.41) is 4.62. The van der Waals surface area contributed by atoms with Gasteiger partial charge in [-0.15, -0.1) is 0 Å². The smallest absolute Gasteiger partial charge is 0.0624 e. The van der Waals surface area contributed by atoms with E-state index in [0.29, 0.717) is 6.04 Å². The summed E-state index contributed by atoms with van der Waals surface area (Å²) in [6, 6.07) is 3.00. The van der Waals surface area contributed by atoms with E-state index in [1.165, 1.54) is 11.4 Å². The van der Waals surface area contributed by atoms with E-state index in [1.54, 1.807) is 0 Å². The third kappa shape index (κ3) is 4.28. The summed E-state index contributed by atoms with van der Waals surface area (Å²) in [5.74, 6) is 0. The molecule has 120 valence electrons. The Labute approximate surface area is 129 Å². The molecule has 0 bridgehead atoms. The fraction of sp³-hybridized carbons (Fsp3) is 0.812. The van der Waals surface area contributed by atoms with Gasteiger partial charge in [-0.2, -0.15) is 5.10 Å². The normalized spacial score (nSPS) is 22.6. The van der Waals surface area contributed by atoms with Gasteiger partial charge in [-0.25, -0.2) is 0 Å². The van der Waals surface area contributed by atoms with Gasteiger partial charge in [0.25, 0.3) is 0 Å². The second-order valence-electron chi connectivity index (χ2n) is 6.39. The molecule has 0 radical (unpaired) electrons. The Balaban J connectivity index is 1.94. The first kappa shape index (κ1) is 16.5. The molecule has 1 aliphatic heterocycles. The molecule has 0 amide bonds. The summed E-state index contributed by atoms with van der Waals surface area (Å²) in [5.41, 5.74) is 8.89. The quantitative estimate of drug-likeness (QED) is 0.849. The molecule has 1 aromatic heterocycles. The number of hydrogen-bond acceptors (Lipinski definition) is 4. The number of piperazine rings is 1. The monoisotopic (exact) mass is 293 g/mol. The van der Waals surface area contributed by atoms with Gasteiger partial charge in [0.05, 0.1) is 5.69 Å². The molecule has 1 saturated heterocycles. The van der Waals surface area contributed by atoms with Crippen LogP contribution in [0.25, 0.3) is 0 Å². The molecular weight excluding hydrogens is 262 g/mol. The maximum absolute atomic E-state index is 6.43. The van der Waals surface area contributed by atoms with Crippen molar-refractivity contribution in [3.8, 4) is 0 Å². The molecule has 2 atom stereocenters. The van der Waals surface area contributed by atoms with E-state index in [4.69, 9.17) is 5.73 Å². The van der Waals surface area contributed by atoms with Gasteiger partial charge < -0.3 is 15.5 Å². The fourth-order valence-corrected chi connectivity index (χ4v) is 3.18. The van der Waals surface area contributed by atoms with Crippen LogP contribution in [-0.2, 0) is 19.4 Å². The highest BCUT2D eigenvalue weighted by atomic mass is 15.3. The Bertz CT molecular complexity index is 442. The van der Waals surface area contributed by atoms with E-state index in [2.05, 4.69) is 53.6 Å². The van der Waals surface area contributed by atoms with Gasteiger partial charge in [0.2, 0.25) is 0 Å². The van der Waals surface area contributed by atoms with Gasteiger partial charge in [0.1, 0.15) is 0 Å². The number of likely N-dealkylation sites (N-methyl/N-ethyl adjacent to an activating group) is 2. The van der Waals surface area contributed by atoms with Crippen LogP contribution in [0.1, 0.15) is 31.7 Å². The van der Waals surface area contributed by atoms with E-state index in [0.717, 1.165) is 45.4 Å². The molecule has 2 unspecified atom stereocenters. The molecule has 0 aromatic carbocycles. The summed E-state index contributed by atoms with van der Waals surface area (Å²) in [4.78, 5) is 4.86. The van der Waals surface area contributed by atoms with Crippen LogP contribution >= 0.6 is 0 Å². The maximum Gasteiger partial charge on any atom is 0.0624 e. The molecule has 5 nitrogen and oxygen atoms in total. The number of aryl methyl sites for hydroxylation is 2. The average molecular weight is 293 g/mol. The Morgan fingerprint density at radius 3 is 2.76 bits per heavy atom. The number of hydrogen-bond donors (Lipinski definition) is 1. The summed E-state index contributed by atoms with van der Waals surface area (Å²) in [6.07, 6.45) is 2.97. The lowest BCUT2D eigenvalue weighted by Gasteiger charge is -2.38. The van der Waals surface area contributed by atoms with Gasteiger partial charge in [-0.3, -0.25) is 4.68 Å². The summed E-state index contributed by atoms with van der Waals surface area (Å²) in [7, 11) is 4.42. The topological polar surface area (TPSA) is 50.3 Å². The van der Waals surface area contributed by atoms with Crippen molar-refractivity contribution in [3.05, 3.63) is 17.5 Å². The number of nitrogens with zero attached hydrogens (tertiary/aromatic N) is 4. The Hall–Kier alpha value is -0.910. The fourth-order valence-electron chi connectivity index (χ4n) is 3.18. The lowest BCUT2D eigenvalue weighted by atomic mass is 10.00. The number of aromatic nitrogens is 2. The van der Waals surface area contributed by atoms with Crippen LogP contribution in [0.5, 0.6) is 0 Å². The van der Waals surface area contributed by atoms with Gasteiger partial charge in [-0.1, -0.05) is 6.92 Å². The van der Waals surface area contributed by atoms with E-state index in [-0.39, 0.29) is 6.04 Å². The van der Waals surface area contributed by atoms with Crippen molar-refractivity contribution < 1.29 is 0 Å². The van der Waals surface area contributed by atoms with Gasteiger partial charge in [-0.05, 0) is 39.9 Å². The average Bonchev–Trinajstić information content (AvgIpc) is 2.85. The van der Waals surface area contributed by atoms with Crippen molar-refractivity contribution in [2.75, 3.05) is 33.7 Å². The molecule has 1 aromatic rings. The van der Waals surface area contributed by atoms with Crippen molar-refractivity contribution in [1.29, 1.82) is 0 Å². The third-order valence-electron chi connectivity index (χ3n) is 4.60. The number of rotatable bonds is 6. The molecule has 1 fully saturated rings.